The number of hydrogen-bond donors (Lipinski definition) is 2. The smallest absolute Gasteiger partial charge is 0.311 e. The first-order valence-corrected chi connectivity index (χ1v) is 9.00. The van der Waals surface area contributed by atoms with Gasteiger partial charge in [0.15, 0.2) is 0 Å². The Kier molecular flexibility index (Phi) is 5.40. The van der Waals surface area contributed by atoms with E-state index >= 15 is 0 Å². The third-order valence-corrected chi connectivity index (χ3v) is 4.77. The normalized spacial score (nSPS) is 10.9. The molecule has 0 aliphatic rings. The Morgan fingerprint density at radius 1 is 1.04 bits per heavy atom. The van der Waals surface area contributed by atoms with Gasteiger partial charge in [0.1, 0.15) is 11.5 Å². The number of H-pyrrole nitrogens is 1. The maximum Gasteiger partial charge on any atom is 0.311 e. The lowest BCUT2D eigenvalue weighted by atomic mass is 10.0. The van der Waals surface area contributed by atoms with E-state index in [2.05, 4.69) is 11.9 Å². The van der Waals surface area contributed by atoms with Gasteiger partial charge < -0.3 is 19.6 Å². The highest BCUT2D eigenvalue weighted by Crippen LogP contribution is 2.35. The number of aliphatic carboxylic acids is 1. The molecule has 0 atom stereocenters. The van der Waals surface area contributed by atoms with Crippen LogP contribution in [-0.4, -0.2) is 29.1 Å². The summed E-state index contributed by atoms with van der Waals surface area (Å²) in [4.78, 5) is 26.0. The van der Waals surface area contributed by atoms with Gasteiger partial charge in [-0.3, -0.25) is 9.59 Å². The van der Waals surface area contributed by atoms with Crippen molar-refractivity contribution in [1.29, 1.82) is 0 Å². The fraction of sp³-hybridized carbons (Fsp3) is 0.273. The molecular formula is C22H23NO5. The molecule has 0 saturated carbocycles. The highest BCUT2D eigenvalue weighted by Gasteiger charge is 2.16. The molecule has 2 aromatic carbocycles. The van der Waals surface area contributed by atoms with Gasteiger partial charge in [0.2, 0.25) is 0 Å². The summed E-state index contributed by atoms with van der Waals surface area (Å²) in [6, 6.07) is 9.83. The molecule has 0 spiro atoms. The van der Waals surface area contributed by atoms with Gasteiger partial charge in [0.25, 0.3) is 0 Å². The lowest BCUT2D eigenvalue weighted by Crippen LogP contribution is -2.11. The van der Waals surface area contributed by atoms with Gasteiger partial charge in [-0.2, -0.15) is 0 Å². The monoisotopic (exact) mass is 381 g/mol. The summed E-state index contributed by atoms with van der Waals surface area (Å²) in [5.41, 5.74) is 5.75. The van der Waals surface area contributed by atoms with Crippen molar-refractivity contribution < 1.29 is 24.2 Å². The van der Waals surface area contributed by atoms with Gasteiger partial charge in [-0.05, 0) is 73.4 Å². The van der Waals surface area contributed by atoms with Crippen LogP contribution in [0, 0.1) is 20.8 Å². The predicted molar refractivity (Wildman–Crippen MR) is 107 cm³/mol. The quantitative estimate of drug-likeness (QED) is 0.483. The Balaban J connectivity index is 1.94. The number of esters is 1. The molecule has 3 rings (SSSR count). The van der Waals surface area contributed by atoms with Gasteiger partial charge in [0.05, 0.1) is 20.0 Å². The predicted octanol–water partition coefficient (Wildman–Crippen LogP) is 4.54. The second kappa shape index (κ2) is 7.76. The summed E-state index contributed by atoms with van der Waals surface area (Å²) in [6.45, 7) is 5.80. The maximum absolute atomic E-state index is 11.9. The van der Waals surface area contributed by atoms with Gasteiger partial charge in [-0.1, -0.05) is 0 Å². The molecule has 6 heteroatoms. The van der Waals surface area contributed by atoms with Gasteiger partial charge in [-0.15, -0.1) is 0 Å². The molecule has 0 saturated heterocycles. The van der Waals surface area contributed by atoms with Crippen molar-refractivity contribution in [2.24, 2.45) is 0 Å². The maximum atomic E-state index is 11.9. The van der Waals surface area contributed by atoms with Gasteiger partial charge in [0, 0.05) is 16.6 Å². The minimum absolute atomic E-state index is 0.154. The number of benzene rings is 2. The van der Waals surface area contributed by atoms with Crippen molar-refractivity contribution in [3.63, 3.8) is 0 Å². The molecule has 146 valence electrons. The highest BCUT2D eigenvalue weighted by molar-refractivity contribution is 5.91. The molecule has 0 radical (unpaired) electrons. The van der Waals surface area contributed by atoms with Crippen molar-refractivity contribution in [2.45, 2.75) is 33.6 Å². The molecule has 0 aliphatic carbocycles. The van der Waals surface area contributed by atoms with E-state index in [0.29, 0.717) is 5.75 Å². The number of carbonyl (C=O) groups is 2. The molecule has 6 nitrogen and oxygen atoms in total. The average Bonchev–Trinajstić information content (AvgIpc) is 2.99. The van der Waals surface area contributed by atoms with E-state index in [0.717, 1.165) is 44.6 Å². The molecule has 28 heavy (non-hydrogen) atoms. The highest BCUT2D eigenvalue weighted by atomic mass is 16.5. The minimum Gasteiger partial charge on any atom is -0.497 e. The number of aromatic nitrogens is 1. The molecular weight excluding hydrogens is 358 g/mol. The first kappa shape index (κ1) is 19.5. The van der Waals surface area contributed by atoms with Crippen molar-refractivity contribution in [3.8, 4) is 22.8 Å². The van der Waals surface area contributed by atoms with Crippen LogP contribution in [0.4, 0.5) is 0 Å². The number of nitrogens with one attached hydrogen (secondary N) is 1. The summed E-state index contributed by atoms with van der Waals surface area (Å²) < 4.78 is 10.7. The van der Waals surface area contributed by atoms with Crippen LogP contribution in [0.5, 0.6) is 11.5 Å². The fourth-order valence-corrected chi connectivity index (χ4v) is 3.35. The second-order valence-corrected chi connectivity index (χ2v) is 6.84. The zero-order chi connectivity index (χ0) is 20.4. The number of aryl methyl sites for hydroxylation is 3. The number of carboxylic acid groups (broad SMARTS) is 1. The van der Waals surface area contributed by atoms with Crippen molar-refractivity contribution in [1.82, 2.24) is 4.98 Å². The number of ether oxygens (including phenoxy) is 2. The molecule has 0 fully saturated rings. The van der Waals surface area contributed by atoms with Crippen LogP contribution < -0.4 is 9.47 Å². The van der Waals surface area contributed by atoms with Gasteiger partial charge in [-0.25, -0.2) is 0 Å². The van der Waals surface area contributed by atoms with Crippen LogP contribution >= 0.6 is 0 Å². The largest absolute Gasteiger partial charge is 0.497 e. The molecule has 1 aromatic heterocycles. The number of fused-ring (bicyclic) bond motifs is 1. The van der Waals surface area contributed by atoms with E-state index in [-0.39, 0.29) is 12.8 Å². The molecule has 0 bridgehead atoms. The molecule has 0 amide bonds. The lowest BCUT2D eigenvalue weighted by molar-refractivity contribution is -0.142. The standard InChI is InChI=1S/C22H23NO5/c1-12-9-15(10-13(2)22(12)28-20(26)8-7-19(24)25)21-14(3)17-11-16(27-4)5-6-18(17)23-21/h5-6,9-11,23H,7-8H2,1-4H3,(H,24,25). The molecule has 1 heterocycles. The lowest BCUT2D eigenvalue weighted by Gasteiger charge is -2.13. The molecule has 2 N–H and O–H groups in total. The molecule has 0 aliphatic heterocycles. The average molecular weight is 381 g/mol. The van der Waals surface area contributed by atoms with E-state index in [1.165, 1.54) is 0 Å². The van der Waals surface area contributed by atoms with Crippen LogP contribution in [0.1, 0.15) is 29.5 Å². The summed E-state index contributed by atoms with van der Waals surface area (Å²) in [7, 11) is 1.65. The first-order chi connectivity index (χ1) is 13.3. The summed E-state index contributed by atoms with van der Waals surface area (Å²) in [6.07, 6.45) is -0.397. The van der Waals surface area contributed by atoms with Crippen LogP contribution in [-0.2, 0) is 9.59 Å². The van der Waals surface area contributed by atoms with E-state index < -0.39 is 11.9 Å². The number of rotatable bonds is 6. The van der Waals surface area contributed by atoms with Crippen LogP contribution in [0.15, 0.2) is 30.3 Å². The van der Waals surface area contributed by atoms with Crippen molar-refractivity contribution in [3.05, 3.63) is 47.0 Å². The molecule has 0 unspecified atom stereocenters. The third-order valence-electron chi connectivity index (χ3n) is 4.77. The third kappa shape index (κ3) is 3.86. The number of methoxy groups -OCH3 is 1. The Morgan fingerprint density at radius 2 is 1.71 bits per heavy atom. The summed E-state index contributed by atoms with van der Waals surface area (Å²) in [5.74, 6) is -0.284. The first-order valence-electron chi connectivity index (χ1n) is 9.00. The van der Waals surface area contributed by atoms with Crippen LogP contribution in [0.3, 0.4) is 0 Å². The Bertz CT molecular complexity index is 1040. The van der Waals surface area contributed by atoms with Crippen molar-refractivity contribution >= 4 is 22.8 Å². The minimum atomic E-state index is -1.02. The zero-order valence-corrected chi connectivity index (χ0v) is 16.4. The SMILES string of the molecule is COc1ccc2[nH]c(-c3cc(C)c(OC(=O)CCC(=O)O)c(C)c3)c(C)c2c1. The number of hydrogen-bond acceptors (Lipinski definition) is 4. The van der Waals surface area contributed by atoms with Crippen molar-refractivity contribution in [2.75, 3.05) is 7.11 Å². The van der Waals surface area contributed by atoms with E-state index in [1.807, 2.05) is 44.2 Å². The van der Waals surface area contributed by atoms with E-state index in [1.54, 1.807) is 7.11 Å². The fourth-order valence-electron chi connectivity index (χ4n) is 3.35. The van der Waals surface area contributed by atoms with E-state index in [4.69, 9.17) is 14.6 Å². The van der Waals surface area contributed by atoms with Crippen LogP contribution in [0.25, 0.3) is 22.2 Å². The van der Waals surface area contributed by atoms with Crippen LogP contribution in [0.2, 0.25) is 0 Å². The number of carboxylic acids is 1. The second-order valence-electron chi connectivity index (χ2n) is 6.84. The Morgan fingerprint density at radius 3 is 2.32 bits per heavy atom. The Labute approximate surface area is 163 Å². The zero-order valence-electron chi connectivity index (χ0n) is 16.4. The summed E-state index contributed by atoms with van der Waals surface area (Å²) >= 11 is 0. The Hall–Kier alpha value is -3.28. The topological polar surface area (TPSA) is 88.6 Å². The number of carbonyl (C=O) groups excluding carboxylic acids is 1. The number of aromatic amines is 1. The van der Waals surface area contributed by atoms with E-state index in [9.17, 15) is 9.59 Å². The van der Waals surface area contributed by atoms with Gasteiger partial charge >= 0.3 is 11.9 Å². The summed E-state index contributed by atoms with van der Waals surface area (Å²) in [5, 5.41) is 9.79. The molecule has 3 aromatic rings.